The van der Waals surface area contributed by atoms with Crippen LogP contribution >= 0.6 is 0 Å². The van der Waals surface area contributed by atoms with E-state index in [1.54, 1.807) is 0 Å². The minimum Gasteiger partial charge on any atom is -0.338 e. The number of pyridine rings is 1. The van der Waals surface area contributed by atoms with Crippen LogP contribution in [0.15, 0.2) is 16.8 Å². The predicted octanol–water partition coefficient (Wildman–Crippen LogP) is 2.51. The minimum absolute atomic E-state index is 0.00947. The van der Waals surface area contributed by atoms with E-state index < -0.39 is 0 Å². The lowest BCUT2D eigenvalue weighted by atomic mass is 10.1. The molecule has 0 unspecified atom stereocenters. The van der Waals surface area contributed by atoms with Crippen molar-refractivity contribution in [2.75, 3.05) is 13.1 Å². The molecule has 25 heavy (non-hydrogen) atoms. The van der Waals surface area contributed by atoms with Crippen LogP contribution in [0.5, 0.6) is 0 Å². The van der Waals surface area contributed by atoms with E-state index in [4.69, 9.17) is 4.52 Å². The van der Waals surface area contributed by atoms with Crippen molar-refractivity contribution in [3.8, 4) is 0 Å². The van der Waals surface area contributed by atoms with E-state index in [0.29, 0.717) is 28.9 Å². The first-order valence-corrected chi connectivity index (χ1v) is 8.47. The fourth-order valence-electron chi connectivity index (χ4n) is 3.73. The topological polar surface area (TPSA) is 77.0 Å². The molecule has 3 aromatic rings. The number of rotatable bonds is 2. The summed E-state index contributed by atoms with van der Waals surface area (Å²) < 4.78 is 7.31. The zero-order valence-corrected chi connectivity index (χ0v) is 14.9. The second-order valence-electron chi connectivity index (χ2n) is 6.85. The van der Waals surface area contributed by atoms with Gasteiger partial charge in [0.2, 0.25) is 0 Å². The Morgan fingerprint density at radius 1 is 1.24 bits per heavy atom. The van der Waals surface area contributed by atoms with Crippen LogP contribution in [-0.2, 0) is 7.05 Å². The molecule has 1 amide bonds. The van der Waals surface area contributed by atoms with Gasteiger partial charge in [0.05, 0.1) is 22.3 Å². The molecule has 0 N–H and O–H groups in total. The Hall–Kier alpha value is -2.70. The number of imidazole rings is 1. The smallest absolute Gasteiger partial charge is 0.258 e. The molecule has 130 valence electrons. The average molecular weight is 339 g/mol. The maximum absolute atomic E-state index is 13.1. The van der Waals surface area contributed by atoms with E-state index in [9.17, 15) is 4.79 Å². The number of carbonyl (C=O) groups is 1. The van der Waals surface area contributed by atoms with Crippen LogP contribution in [0.3, 0.4) is 0 Å². The Kier molecular flexibility index (Phi) is 3.59. The first-order chi connectivity index (χ1) is 11.9. The molecule has 7 heteroatoms. The lowest BCUT2D eigenvalue weighted by molar-refractivity contribution is 0.0792. The van der Waals surface area contributed by atoms with Crippen molar-refractivity contribution in [1.29, 1.82) is 0 Å². The van der Waals surface area contributed by atoms with Gasteiger partial charge in [-0.25, -0.2) is 9.97 Å². The van der Waals surface area contributed by atoms with Crippen LogP contribution in [-0.4, -0.2) is 43.6 Å². The zero-order valence-electron chi connectivity index (χ0n) is 14.9. The van der Waals surface area contributed by atoms with Gasteiger partial charge in [0, 0.05) is 37.9 Å². The minimum atomic E-state index is 0.00947. The molecule has 0 aromatic carbocycles. The van der Waals surface area contributed by atoms with Gasteiger partial charge in [0.1, 0.15) is 5.82 Å². The summed E-state index contributed by atoms with van der Waals surface area (Å²) in [6, 6.07) is 1.83. The SMILES string of the molecule is Cc1cn(C)c([C@@H]2CCN(C(=O)c3cc(C)nc4onc(C)c34)C2)n1. The molecule has 0 saturated carbocycles. The second kappa shape index (κ2) is 5.68. The van der Waals surface area contributed by atoms with Gasteiger partial charge in [0.25, 0.3) is 11.6 Å². The summed E-state index contributed by atoms with van der Waals surface area (Å²) in [7, 11) is 2.01. The average Bonchev–Trinajstić information content (AvgIpc) is 3.25. The summed E-state index contributed by atoms with van der Waals surface area (Å²) >= 11 is 0. The molecular weight excluding hydrogens is 318 g/mol. The Balaban J connectivity index is 1.64. The van der Waals surface area contributed by atoms with E-state index in [1.165, 1.54) is 0 Å². The Bertz CT molecular complexity index is 971. The van der Waals surface area contributed by atoms with E-state index >= 15 is 0 Å². The van der Waals surface area contributed by atoms with Gasteiger partial charge in [-0.05, 0) is 33.3 Å². The number of aromatic nitrogens is 4. The van der Waals surface area contributed by atoms with Gasteiger partial charge in [-0.3, -0.25) is 4.79 Å². The highest BCUT2D eigenvalue weighted by molar-refractivity contribution is 6.06. The Morgan fingerprint density at radius 3 is 2.76 bits per heavy atom. The number of nitrogens with zero attached hydrogens (tertiary/aromatic N) is 5. The van der Waals surface area contributed by atoms with Gasteiger partial charge < -0.3 is 14.0 Å². The summed E-state index contributed by atoms with van der Waals surface area (Å²) in [5, 5.41) is 4.68. The van der Waals surface area contributed by atoms with Crippen molar-refractivity contribution in [3.63, 3.8) is 0 Å². The molecule has 1 aliphatic heterocycles. The number of hydrogen-bond acceptors (Lipinski definition) is 5. The van der Waals surface area contributed by atoms with Crippen molar-refractivity contribution in [1.82, 2.24) is 24.6 Å². The number of aryl methyl sites for hydroxylation is 4. The zero-order chi connectivity index (χ0) is 17.7. The number of carbonyl (C=O) groups excluding carboxylic acids is 1. The van der Waals surface area contributed by atoms with E-state index in [-0.39, 0.29) is 11.8 Å². The van der Waals surface area contributed by atoms with Gasteiger partial charge in [0.15, 0.2) is 0 Å². The predicted molar refractivity (Wildman–Crippen MR) is 92.5 cm³/mol. The number of hydrogen-bond donors (Lipinski definition) is 0. The molecule has 0 aliphatic carbocycles. The highest BCUT2D eigenvalue weighted by atomic mass is 16.5. The fourth-order valence-corrected chi connectivity index (χ4v) is 3.73. The Labute approximate surface area is 145 Å². The third-order valence-corrected chi connectivity index (χ3v) is 4.85. The van der Waals surface area contributed by atoms with Gasteiger partial charge >= 0.3 is 0 Å². The van der Waals surface area contributed by atoms with Crippen LogP contribution in [0.4, 0.5) is 0 Å². The van der Waals surface area contributed by atoms with Crippen molar-refractivity contribution in [2.45, 2.75) is 33.1 Å². The number of likely N-dealkylation sites (tertiary alicyclic amines) is 1. The van der Waals surface area contributed by atoms with Gasteiger partial charge in [-0.1, -0.05) is 5.16 Å². The quantitative estimate of drug-likeness (QED) is 0.717. The Morgan fingerprint density at radius 2 is 2.04 bits per heavy atom. The van der Waals surface area contributed by atoms with Crippen molar-refractivity contribution in [3.05, 3.63) is 40.7 Å². The molecule has 0 radical (unpaired) electrons. The molecule has 4 rings (SSSR count). The maximum atomic E-state index is 13.1. The molecule has 0 spiro atoms. The van der Waals surface area contributed by atoms with Crippen molar-refractivity contribution in [2.24, 2.45) is 7.05 Å². The van der Waals surface area contributed by atoms with E-state index in [1.807, 2.05) is 45.0 Å². The number of amides is 1. The molecule has 1 saturated heterocycles. The molecule has 3 aromatic heterocycles. The standard InChI is InChI=1S/C18H21N5O2/c1-10-7-14(15-12(3)21-25-17(15)20-10)18(24)23-6-5-13(9-23)16-19-11(2)8-22(16)4/h7-8,13H,5-6,9H2,1-4H3/t13-/m1/s1. The van der Waals surface area contributed by atoms with Crippen LogP contribution in [0, 0.1) is 20.8 Å². The highest BCUT2D eigenvalue weighted by Crippen LogP contribution is 2.29. The largest absolute Gasteiger partial charge is 0.338 e. The molecule has 7 nitrogen and oxygen atoms in total. The summed E-state index contributed by atoms with van der Waals surface area (Å²) in [6.07, 6.45) is 2.95. The molecule has 0 bridgehead atoms. The molecular formula is C18H21N5O2. The van der Waals surface area contributed by atoms with E-state index in [2.05, 4.69) is 19.7 Å². The third kappa shape index (κ3) is 2.59. The van der Waals surface area contributed by atoms with Gasteiger partial charge in [-0.2, -0.15) is 0 Å². The van der Waals surface area contributed by atoms with Crippen LogP contribution < -0.4 is 0 Å². The molecule has 1 aliphatic rings. The first kappa shape index (κ1) is 15.8. The lowest BCUT2D eigenvalue weighted by Crippen LogP contribution is -2.29. The fraction of sp³-hybridized carbons (Fsp3) is 0.444. The molecule has 1 atom stereocenters. The summed E-state index contributed by atoms with van der Waals surface area (Å²) in [5.41, 5.74) is 3.51. The van der Waals surface area contributed by atoms with Crippen molar-refractivity contribution >= 4 is 17.0 Å². The van der Waals surface area contributed by atoms with Crippen LogP contribution in [0.1, 0.15) is 45.6 Å². The highest BCUT2D eigenvalue weighted by Gasteiger charge is 2.32. The second-order valence-corrected chi connectivity index (χ2v) is 6.85. The van der Waals surface area contributed by atoms with Crippen molar-refractivity contribution < 1.29 is 9.32 Å². The summed E-state index contributed by atoms with van der Waals surface area (Å²) in [4.78, 5) is 24.0. The normalized spacial score (nSPS) is 17.6. The van der Waals surface area contributed by atoms with E-state index in [0.717, 1.165) is 30.2 Å². The summed E-state index contributed by atoms with van der Waals surface area (Å²) in [6.45, 7) is 7.09. The monoisotopic (exact) mass is 339 g/mol. The molecule has 4 heterocycles. The number of fused-ring (bicyclic) bond motifs is 1. The first-order valence-electron chi connectivity index (χ1n) is 8.47. The summed E-state index contributed by atoms with van der Waals surface area (Å²) in [5.74, 6) is 1.32. The van der Waals surface area contributed by atoms with Crippen LogP contribution in [0.25, 0.3) is 11.1 Å². The maximum Gasteiger partial charge on any atom is 0.258 e. The van der Waals surface area contributed by atoms with Gasteiger partial charge in [-0.15, -0.1) is 0 Å². The van der Waals surface area contributed by atoms with Crippen LogP contribution in [0.2, 0.25) is 0 Å². The lowest BCUT2D eigenvalue weighted by Gasteiger charge is -2.17. The third-order valence-electron chi connectivity index (χ3n) is 4.85. The molecule has 1 fully saturated rings.